The summed E-state index contributed by atoms with van der Waals surface area (Å²) in [7, 11) is 0. The van der Waals surface area contributed by atoms with E-state index in [0.717, 1.165) is 0 Å². The van der Waals surface area contributed by atoms with Crippen LogP contribution in [0.1, 0.15) is 79.6 Å². The number of nitrogens with zero attached hydrogens (tertiary/aromatic N) is 3. The summed E-state index contributed by atoms with van der Waals surface area (Å²) >= 11 is 0. The fourth-order valence-corrected chi connectivity index (χ4v) is 6.29. The molecule has 2 aliphatic rings. The van der Waals surface area contributed by atoms with Crippen LogP contribution in [0, 0.1) is 5.92 Å². The number of aliphatic hydroxyl groups excluding tert-OH is 1. The lowest BCUT2D eigenvalue weighted by atomic mass is 10.0. The van der Waals surface area contributed by atoms with Crippen LogP contribution >= 0.6 is 0 Å². The molecule has 0 spiro atoms. The SMILES string of the molecule is CC(C)C[C@@H](C=O)NC(=O)[C@H](C)NC(=O)[C@@H]1CCCN1C(=O)[C@@H](NC(=O)CNC(=O)[C@@H]1CCCN1C(=O)[C@H](CCCN=C(N)N)NC(=O)[C@H](C)N)[C@@H](C)O. The number of rotatable bonds is 20. The summed E-state index contributed by atoms with van der Waals surface area (Å²) in [6.45, 7) is 8.02. The van der Waals surface area contributed by atoms with Crippen LogP contribution in [0.5, 0.6) is 0 Å². The topological polar surface area (TPSA) is 314 Å². The van der Waals surface area contributed by atoms with E-state index in [1.54, 1.807) is 0 Å². The van der Waals surface area contributed by atoms with E-state index in [-0.39, 0.29) is 44.4 Å². The van der Waals surface area contributed by atoms with Crippen LogP contribution in [0.2, 0.25) is 0 Å². The molecule has 2 saturated heterocycles. The molecule has 0 aliphatic carbocycles. The van der Waals surface area contributed by atoms with Gasteiger partial charge in [0, 0.05) is 19.6 Å². The predicted octanol–water partition coefficient (Wildman–Crippen LogP) is -3.93. The summed E-state index contributed by atoms with van der Waals surface area (Å²) in [5, 5.41) is 23.2. The number of guanidine groups is 1. The van der Waals surface area contributed by atoms with Gasteiger partial charge in [-0.2, -0.15) is 0 Å². The number of carbonyl (C=O) groups is 8. The molecule has 0 aromatic rings. The quantitative estimate of drug-likeness (QED) is 0.0249. The molecule has 0 aromatic heterocycles. The standard InChI is InChI=1S/C34H59N11O9/c1-18(2)15-22(17-46)41-29(50)20(4)40-31(52)25-11-8-14-45(25)33(54)27(21(5)47)43-26(48)16-39-30(51)24-10-7-13-44(24)32(53)23(42-28(49)19(3)35)9-6-12-38-34(36)37/h17-25,27,47H,6-16,35H2,1-5H3,(H,39,51)(H,40,52)(H,41,50)(H,42,49)(H,43,48)(H4,36,37,38)/t19-,20-,21+,22-,23-,24-,25-,27-/m0/s1. The normalized spacial score (nSPS) is 20.1. The minimum absolute atomic E-state index is 0.120. The minimum atomic E-state index is -1.47. The molecule has 20 nitrogen and oxygen atoms in total. The Labute approximate surface area is 315 Å². The average Bonchev–Trinajstić information content (AvgIpc) is 3.80. The Morgan fingerprint density at radius 2 is 1.43 bits per heavy atom. The fourth-order valence-electron chi connectivity index (χ4n) is 6.29. The maximum Gasteiger partial charge on any atom is 0.248 e. The zero-order valence-corrected chi connectivity index (χ0v) is 31.8. The summed E-state index contributed by atoms with van der Waals surface area (Å²) in [6, 6.07) is -7.02. The molecule has 0 aromatic carbocycles. The van der Waals surface area contributed by atoms with Gasteiger partial charge in [-0.25, -0.2) is 0 Å². The molecule has 2 aliphatic heterocycles. The van der Waals surface area contributed by atoms with Crippen molar-refractivity contribution in [1.29, 1.82) is 0 Å². The molecule has 0 radical (unpaired) electrons. The zero-order valence-electron chi connectivity index (χ0n) is 31.8. The van der Waals surface area contributed by atoms with Crippen molar-refractivity contribution in [2.24, 2.45) is 28.1 Å². The Bertz CT molecular complexity index is 1390. The van der Waals surface area contributed by atoms with Crippen LogP contribution in [0.4, 0.5) is 0 Å². The van der Waals surface area contributed by atoms with Gasteiger partial charge in [-0.05, 0) is 71.6 Å². The second kappa shape index (κ2) is 21.8. The van der Waals surface area contributed by atoms with Crippen molar-refractivity contribution in [3.8, 4) is 0 Å². The van der Waals surface area contributed by atoms with E-state index in [9.17, 15) is 43.5 Å². The highest BCUT2D eigenvalue weighted by Crippen LogP contribution is 2.21. The molecule has 0 unspecified atom stereocenters. The lowest BCUT2D eigenvalue weighted by Gasteiger charge is -2.31. The smallest absolute Gasteiger partial charge is 0.248 e. The van der Waals surface area contributed by atoms with Gasteiger partial charge in [0.2, 0.25) is 41.4 Å². The van der Waals surface area contributed by atoms with Gasteiger partial charge in [-0.15, -0.1) is 0 Å². The van der Waals surface area contributed by atoms with Crippen molar-refractivity contribution < 1.29 is 43.5 Å². The third-order valence-electron chi connectivity index (χ3n) is 9.11. The summed E-state index contributed by atoms with van der Waals surface area (Å²) in [4.78, 5) is 109. The molecule has 20 heteroatoms. The monoisotopic (exact) mass is 765 g/mol. The highest BCUT2D eigenvalue weighted by atomic mass is 16.3. The average molecular weight is 766 g/mol. The van der Waals surface area contributed by atoms with E-state index in [1.807, 2.05) is 13.8 Å². The number of aldehydes is 1. The van der Waals surface area contributed by atoms with Crippen LogP contribution in [0.25, 0.3) is 0 Å². The van der Waals surface area contributed by atoms with Gasteiger partial charge >= 0.3 is 0 Å². The molecule has 12 N–H and O–H groups in total. The molecule has 304 valence electrons. The van der Waals surface area contributed by atoms with Crippen molar-refractivity contribution in [3.63, 3.8) is 0 Å². The number of hydrogen-bond donors (Lipinski definition) is 9. The molecule has 0 bridgehead atoms. The zero-order chi connectivity index (χ0) is 40.7. The van der Waals surface area contributed by atoms with E-state index >= 15 is 0 Å². The first-order valence-electron chi connectivity index (χ1n) is 18.4. The first-order chi connectivity index (χ1) is 25.4. The molecular formula is C34H59N11O9. The number of nitrogens with two attached hydrogens (primary N) is 3. The van der Waals surface area contributed by atoms with Gasteiger partial charge in [-0.3, -0.25) is 38.6 Å². The molecule has 0 saturated carbocycles. The lowest BCUT2D eigenvalue weighted by molar-refractivity contribution is -0.144. The van der Waals surface area contributed by atoms with Gasteiger partial charge in [-0.1, -0.05) is 13.8 Å². The van der Waals surface area contributed by atoms with Gasteiger partial charge < -0.3 is 63.5 Å². The Morgan fingerprint density at radius 3 is 1.96 bits per heavy atom. The molecular weight excluding hydrogens is 706 g/mol. The van der Waals surface area contributed by atoms with E-state index in [4.69, 9.17) is 17.2 Å². The second-order valence-electron chi connectivity index (χ2n) is 14.3. The van der Waals surface area contributed by atoms with Gasteiger partial charge in [0.15, 0.2) is 5.96 Å². The van der Waals surface area contributed by atoms with Crippen molar-refractivity contribution in [3.05, 3.63) is 0 Å². The van der Waals surface area contributed by atoms with Crippen molar-refractivity contribution in [2.45, 2.75) is 128 Å². The molecule has 2 rings (SSSR count). The molecule has 7 amide bonds. The number of carbonyl (C=O) groups excluding carboxylic acids is 8. The number of aliphatic imine (C=N–C) groups is 1. The Morgan fingerprint density at radius 1 is 0.833 bits per heavy atom. The van der Waals surface area contributed by atoms with E-state index in [1.165, 1.54) is 30.6 Å². The maximum absolute atomic E-state index is 13.6. The van der Waals surface area contributed by atoms with Crippen LogP contribution in [0.3, 0.4) is 0 Å². The fraction of sp³-hybridized carbons (Fsp3) is 0.735. The van der Waals surface area contributed by atoms with Crippen LogP contribution in [-0.2, 0) is 38.4 Å². The Balaban J connectivity index is 2.02. The summed E-state index contributed by atoms with van der Waals surface area (Å²) in [6.07, 6.45) is 1.70. The van der Waals surface area contributed by atoms with Crippen molar-refractivity contribution >= 4 is 53.6 Å². The molecule has 2 heterocycles. The Hall–Kier alpha value is -4.85. The highest BCUT2D eigenvalue weighted by molar-refractivity contribution is 5.97. The predicted molar refractivity (Wildman–Crippen MR) is 197 cm³/mol. The van der Waals surface area contributed by atoms with Crippen LogP contribution in [-0.4, -0.2) is 143 Å². The summed E-state index contributed by atoms with van der Waals surface area (Å²) in [5.41, 5.74) is 16.4. The first-order valence-corrected chi connectivity index (χ1v) is 18.4. The van der Waals surface area contributed by atoms with E-state index in [0.29, 0.717) is 38.4 Å². The molecule has 2 fully saturated rings. The highest BCUT2D eigenvalue weighted by Gasteiger charge is 2.41. The number of amides is 7. The van der Waals surface area contributed by atoms with Crippen LogP contribution in [0.15, 0.2) is 4.99 Å². The largest absolute Gasteiger partial charge is 0.391 e. The van der Waals surface area contributed by atoms with E-state index < -0.39 is 96.3 Å². The molecule has 8 atom stereocenters. The third-order valence-corrected chi connectivity index (χ3v) is 9.11. The number of nitrogens with one attached hydrogen (secondary N) is 5. The lowest BCUT2D eigenvalue weighted by Crippen LogP contribution is -2.59. The maximum atomic E-state index is 13.6. The number of hydrogen-bond acceptors (Lipinski definition) is 11. The second-order valence-corrected chi connectivity index (χ2v) is 14.3. The van der Waals surface area contributed by atoms with E-state index in [2.05, 4.69) is 31.6 Å². The Kier molecular flexibility index (Phi) is 18.3. The summed E-state index contributed by atoms with van der Waals surface area (Å²) < 4.78 is 0. The first kappa shape index (κ1) is 45.3. The van der Waals surface area contributed by atoms with Crippen molar-refractivity contribution in [1.82, 2.24) is 36.4 Å². The minimum Gasteiger partial charge on any atom is -0.391 e. The van der Waals surface area contributed by atoms with Gasteiger partial charge in [0.1, 0.15) is 36.5 Å². The summed E-state index contributed by atoms with van der Waals surface area (Å²) in [5.74, 6) is -4.38. The molecule has 54 heavy (non-hydrogen) atoms. The number of aliphatic hydroxyl groups is 1. The van der Waals surface area contributed by atoms with Crippen molar-refractivity contribution in [2.75, 3.05) is 26.2 Å². The van der Waals surface area contributed by atoms with Gasteiger partial charge in [0.25, 0.3) is 0 Å². The number of likely N-dealkylation sites (tertiary alicyclic amines) is 2. The van der Waals surface area contributed by atoms with Gasteiger partial charge in [0.05, 0.1) is 24.7 Å². The van der Waals surface area contributed by atoms with Crippen LogP contribution < -0.4 is 43.8 Å². The third kappa shape index (κ3) is 13.9.